The van der Waals surface area contributed by atoms with Gasteiger partial charge in [-0.05, 0) is 18.8 Å². The topological polar surface area (TPSA) is 66.4 Å². The highest BCUT2D eigenvalue weighted by Gasteiger charge is 2.37. The minimum absolute atomic E-state index is 0.0339. The molecule has 0 aliphatic heterocycles. The summed E-state index contributed by atoms with van der Waals surface area (Å²) in [5.74, 6) is -2.43. The van der Waals surface area contributed by atoms with Crippen LogP contribution in [0, 0.1) is 11.3 Å². The van der Waals surface area contributed by atoms with E-state index in [-0.39, 0.29) is 11.9 Å². The third kappa shape index (κ3) is 5.71. The van der Waals surface area contributed by atoms with Gasteiger partial charge < -0.3 is 10.4 Å². The van der Waals surface area contributed by atoms with Gasteiger partial charge in [-0.2, -0.15) is 0 Å². The van der Waals surface area contributed by atoms with Crippen LogP contribution >= 0.6 is 0 Å². The summed E-state index contributed by atoms with van der Waals surface area (Å²) in [6, 6.07) is 0.0339. The van der Waals surface area contributed by atoms with E-state index in [1.54, 1.807) is 20.8 Å². The first kappa shape index (κ1) is 15.9. The Kier molecular flexibility index (Phi) is 6.21. The Morgan fingerprint density at radius 2 is 1.82 bits per heavy atom. The normalized spacial score (nSPS) is 15.1. The molecule has 4 heteroatoms. The number of carboxylic acid groups (broad SMARTS) is 1. The van der Waals surface area contributed by atoms with Crippen LogP contribution in [-0.2, 0) is 9.59 Å². The minimum atomic E-state index is -1.06. The Bertz CT molecular complexity index is 268. The molecular weight excluding hydrogens is 218 g/mol. The van der Waals surface area contributed by atoms with Gasteiger partial charge in [-0.3, -0.25) is 9.59 Å². The van der Waals surface area contributed by atoms with Gasteiger partial charge in [-0.25, -0.2) is 0 Å². The molecule has 0 aromatic rings. The van der Waals surface area contributed by atoms with Gasteiger partial charge in [-0.15, -0.1) is 0 Å². The van der Waals surface area contributed by atoms with E-state index in [0.717, 1.165) is 19.3 Å². The fourth-order valence-electron chi connectivity index (χ4n) is 1.78. The molecule has 0 aromatic heterocycles. The van der Waals surface area contributed by atoms with Crippen LogP contribution in [0.2, 0.25) is 0 Å². The maximum atomic E-state index is 11.9. The second kappa shape index (κ2) is 6.62. The number of unbranched alkanes of at least 4 members (excludes halogenated alkanes) is 1. The van der Waals surface area contributed by atoms with E-state index in [2.05, 4.69) is 12.2 Å². The molecule has 0 spiro atoms. The van der Waals surface area contributed by atoms with Gasteiger partial charge in [0.25, 0.3) is 0 Å². The van der Waals surface area contributed by atoms with Gasteiger partial charge in [0, 0.05) is 6.04 Å². The highest BCUT2D eigenvalue weighted by Crippen LogP contribution is 2.26. The van der Waals surface area contributed by atoms with Gasteiger partial charge in [0.1, 0.15) is 5.92 Å². The molecule has 0 rings (SSSR count). The third-order valence-electron chi connectivity index (χ3n) is 2.75. The average molecular weight is 243 g/mol. The molecule has 0 fully saturated rings. The predicted octanol–water partition coefficient (Wildman–Crippen LogP) is 2.43. The standard InChI is InChI=1S/C13H25NO3/c1-6-7-8-9(2)14-11(15)10(12(16)17)13(3,4)5/h9-10H,6-8H2,1-5H3,(H,14,15)(H,16,17). The first-order chi connectivity index (χ1) is 7.70. The number of carbonyl (C=O) groups excluding carboxylic acids is 1. The van der Waals surface area contributed by atoms with Crippen LogP contribution in [-0.4, -0.2) is 23.0 Å². The summed E-state index contributed by atoms with van der Waals surface area (Å²) in [6.07, 6.45) is 3.00. The number of nitrogens with one attached hydrogen (secondary N) is 1. The number of hydrogen-bond acceptors (Lipinski definition) is 2. The Morgan fingerprint density at radius 1 is 1.29 bits per heavy atom. The zero-order chi connectivity index (χ0) is 13.6. The predicted molar refractivity (Wildman–Crippen MR) is 67.7 cm³/mol. The number of aliphatic carboxylic acids is 1. The summed E-state index contributed by atoms with van der Waals surface area (Å²) in [5, 5.41) is 11.9. The summed E-state index contributed by atoms with van der Waals surface area (Å²) in [6.45, 7) is 9.30. The Hall–Kier alpha value is -1.06. The monoisotopic (exact) mass is 243 g/mol. The average Bonchev–Trinajstić information content (AvgIpc) is 2.11. The molecule has 0 aliphatic rings. The summed E-state index contributed by atoms with van der Waals surface area (Å²) in [7, 11) is 0. The molecule has 17 heavy (non-hydrogen) atoms. The quantitative estimate of drug-likeness (QED) is 0.704. The van der Waals surface area contributed by atoms with Crippen molar-refractivity contribution in [1.82, 2.24) is 5.32 Å². The van der Waals surface area contributed by atoms with E-state index >= 15 is 0 Å². The number of rotatable bonds is 6. The van der Waals surface area contributed by atoms with Crippen LogP contribution in [0.15, 0.2) is 0 Å². The molecule has 2 atom stereocenters. The van der Waals surface area contributed by atoms with Crippen molar-refractivity contribution >= 4 is 11.9 Å². The first-order valence-corrected chi connectivity index (χ1v) is 6.23. The number of carbonyl (C=O) groups is 2. The van der Waals surface area contributed by atoms with Gasteiger partial charge in [0.2, 0.25) is 5.91 Å². The molecule has 4 nitrogen and oxygen atoms in total. The van der Waals surface area contributed by atoms with Crippen LogP contribution in [0.25, 0.3) is 0 Å². The van der Waals surface area contributed by atoms with Crippen molar-refractivity contribution in [2.24, 2.45) is 11.3 Å². The van der Waals surface area contributed by atoms with Crippen LogP contribution in [0.4, 0.5) is 0 Å². The van der Waals surface area contributed by atoms with Crippen molar-refractivity contribution in [2.45, 2.75) is 59.9 Å². The smallest absolute Gasteiger partial charge is 0.316 e. The van der Waals surface area contributed by atoms with Crippen molar-refractivity contribution in [1.29, 1.82) is 0 Å². The second-order valence-corrected chi connectivity index (χ2v) is 5.69. The summed E-state index contributed by atoms with van der Waals surface area (Å²) < 4.78 is 0. The SMILES string of the molecule is CCCCC(C)NC(=O)C(C(=O)O)C(C)(C)C. The van der Waals surface area contributed by atoms with E-state index in [4.69, 9.17) is 5.11 Å². The van der Waals surface area contributed by atoms with Crippen LogP contribution in [0.3, 0.4) is 0 Å². The first-order valence-electron chi connectivity index (χ1n) is 6.23. The molecule has 0 bridgehead atoms. The number of carboxylic acids is 1. The number of amides is 1. The molecule has 100 valence electrons. The molecule has 1 amide bonds. The molecule has 0 saturated heterocycles. The van der Waals surface area contributed by atoms with E-state index in [1.165, 1.54) is 0 Å². The molecule has 0 radical (unpaired) electrons. The lowest BCUT2D eigenvalue weighted by Crippen LogP contribution is -2.45. The summed E-state index contributed by atoms with van der Waals surface area (Å²) >= 11 is 0. The fourth-order valence-corrected chi connectivity index (χ4v) is 1.78. The van der Waals surface area contributed by atoms with E-state index < -0.39 is 17.3 Å². The second-order valence-electron chi connectivity index (χ2n) is 5.69. The maximum absolute atomic E-state index is 11.9. The molecule has 2 unspecified atom stereocenters. The lowest BCUT2D eigenvalue weighted by atomic mass is 9.80. The van der Waals surface area contributed by atoms with Crippen molar-refractivity contribution in [2.75, 3.05) is 0 Å². The van der Waals surface area contributed by atoms with Crippen molar-refractivity contribution in [3.8, 4) is 0 Å². The Labute approximate surface area is 104 Å². The van der Waals surface area contributed by atoms with Gasteiger partial charge in [0.05, 0.1) is 0 Å². The van der Waals surface area contributed by atoms with Crippen molar-refractivity contribution in [3.63, 3.8) is 0 Å². The maximum Gasteiger partial charge on any atom is 0.316 e. The Balaban J connectivity index is 4.50. The number of hydrogen-bond donors (Lipinski definition) is 2. The Morgan fingerprint density at radius 3 is 2.18 bits per heavy atom. The highest BCUT2D eigenvalue weighted by atomic mass is 16.4. The van der Waals surface area contributed by atoms with Gasteiger partial charge in [0.15, 0.2) is 0 Å². The van der Waals surface area contributed by atoms with Crippen LogP contribution < -0.4 is 5.32 Å². The summed E-state index contributed by atoms with van der Waals surface area (Å²) in [4.78, 5) is 23.0. The van der Waals surface area contributed by atoms with E-state index in [9.17, 15) is 9.59 Å². The molecule has 0 saturated carbocycles. The highest BCUT2D eigenvalue weighted by molar-refractivity contribution is 5.97. The zero-order valence-electron chi connectivity index (χ0n) is 11.5. The molecular formula is C13H25NO3. The molecule has 0 heterocycles. The van der Waals surface area contributed by atoms with Crippen molar-refractivity contribution < 1.29 is 14.7 Å². The zero-order valence-corrected chi connectivity index (χ0v) is 11.5. The fraction of sp³-hybridized carbons (Fsp3) is 0.846. The van der Waals surface area contributed by atoms with E-state index in [1.807, 2.05) is 6.92 Å². The van der Waals surface area contributed by atoms with Crippen LogP contribution in [0.5, 0.6) is 0 Å². The largest absolute Gasteiger partial charge is 0.481 e. The molecule has 2 N–H and O–H groups in total. The summed E-state index contributed by atoms with van der Waals surface area (Å²) in [5.41, 5.74) is -0.569. The lowest BCUT2D eigenvalue weighted by Gasteiger charge is -2.27. The van der Waals surface area contributed by atoms with Crippen molar-refractivity contribution in [3.05, 3.63) is 0 Å². The molecule has 0 aromatic carbocycles. The van der Waals surface area contributed by atoms with E-state index in [0.29, 0.717) is 0 Å². The van der Waals surface area contributed by atoms with Crippen LogP contribution in [0.1, 0.15) is 53.9 Å². The third-order valence-corrected chi connectivity index (χ3v) is 2.75. The molecule has 0 aliphatic carbocycles. The minimum Gasteiger partial charge on any atom is -0.481 e. The van der Waals surface area contributed by atoms with Gasteiger partial charge in [-0.1, -0.05) is 40.5 Å². The van der Waals surface area contributed by atoms with Gasteiger partial charge >= 0.3 is 5.97 Å². The lowest BCUT2D eigenvalue weighted by molar-refractivity contribution is -0.151.